The number of aromatic nitrogens is 3. The molecule has 0 spiro atoms. The lowest BCUT2D eigenvalue weighted by molar-refractivity contribution is 0.447. The quantitative estimate of drug-likeness (QED) is 0.362. The number of fused-ring (bicyclic) bond motifs is 1. The second-order valence-electron chi connectivity index (χ2n) is 6.89. The van der Waals surface area contributed by atoms with Gasteiger partial charge in [-0.2, -0.15) is 5.10 Å². The van der Waals surface area contributed by atoms with Gasteiger partial charge in [0.25, 0.3) is 0 Å². The van der Waals surface area contributed by atoms with E-state index in [9.17, 15) is 10.2 Å². The van der Waals surface area contributed by atoms with Crippen molar-refractivity contribution in [3.8, 4) is 28.6 Å². The molecule has 0 aliphatic heterocycles. The Morgan fingerprint density at radius 1 is 1.00 bits per heavy atom. The third-order valence-corrected chi connectivity index (χ3v) is 5.36. The molecule has 5 rings (SSSR count). The van der Waals surface area contributed by atoms with E-state index in [0.29, 0.717) is 22.1 Å². The lowest BCUT2D eigenvalue weighted by Crippen LogP contribution is -1.99. The van der Waals surface area contributed by atoms with Crippen molar-refractivity contribution >= 4 is 23.0 Å². The number of aromatic amines is 1. The van der Waals surface area contributed by atoms with Crippen LogP contribution in [0.5, 0.6) is 11.5 Å². The minimum absolute atomic E-state index is 0.0209. The number of H-pyrrole nitrogens is 1. The predicted octanol–water partition coefficient (Wildman–Crippen LogP) is 6.06. The number of nitrogens with one attached hydrogen (secondary N) is 1. The zero-order valence-electron chi connectivity index (χ0n) is 16.4. The number of phenolic OH excluding ortho intramolecular Hbond substituents is 2. The smallest absolute Gasteiger partial charge is 0.200 e. The van der Waals surface area contributed by atoms with E-state index < -0.39 is 0 Å². The zero-order chi connectivity index (χ0) is 20.5. The summed E-state index contributed by atoms with van der Waals surface area (Å²) in [5.74, 6) is 0.977. The van der Waals surface area contributed by atoms with E-state index in [2.05, 4.69) is 10.2 Å². The third kappa shape index (κ3) is 3.40. The number of hydrogen-bond donors (Lipinski definition) is 3. The zero-order valence-corrected chi connectivity index (χ0v) is 17.2. The van der Waals surface area contributed by atoms with Crippen LogP contribution in [0.25, 0.3) is 27.8 Å². The van der Waals surface area contributed by atoms with Crippen molar-refractivity contribution in [3.63, 3.8) is 0 Å². The molecule has 0 amide bonds. The van der Waals surface area contributed by atoms with Gasteiger partial charge in [-0.1, -0.05) is 50.2 Å². The maximum atomic E-state index is 10.5. The first kappa shape index (κ1) is 19.2. The number of phenols is 2. The van der Waals surface area contributed by atoms with Crippen molar-refractivity contribution in [2.24, 2.45) is 0 Å². The summed E-state index contributed by atoms with van der Waals surface area (Å²) < 4.78 is 2.28. The van der Waals surface area contributed by atoms with Crippen LogP contribution in [0.4, 0.5) is 0 Å². The van der Waals surface area contributed by atoms with Gasteiger partial charge in [-0.05, 0) is 54.1 Å². The number of nitrogens with zero attached hydrogens (tertiary/aromatic N) is 2. The molecule has 0 unspecified atom stereocenters. The van der Waals surface area contributed by atoms with E-state index in [0.717, 1.165) is 34.9 Å². The van der Waals surface area contributed by atoms with Crippen LogP contribution in [0, 0.1) is 4.77 Å². The standard InChI is InChI=1S/C21H17N3O2S.C2H6/c25-18-11-19(26)16(10-15(18)13-8-9-13)20-22-23-21(27)24(20)17-7-3-5-12-4-1-2-6-14(12)17;1-2/h1-7,10-11,13,25-26H,8-9H2,(H,23,27);1-2H3. The number of aromatic hydroxyl groups is 2. The van der Waals surface area contributed by atoms with E-state index >= 15 is 0 Å². The topological polar surface area (TPSA) is 74.1 Å². The molecule has 0 saturated heterocycles. The predicted molar refractivity (Wildman–Crippen MR) is 118 cm³/mol. The molecule has 4 aromatic rings. The molecule has 148 valence electrons. The molecule has 6 heteroatoms. The first-order chi connectivity index (χ1) is 14.1. The highest BCUT2D eigenvalue weighted by Gasteiger charge is 2.28. The molecule has 29 heavy (non-hydrogen) atoms. The molecule has 1 aliphatic carbocycles. The Balaban J connectivity index is 0.000000994. The second-order valence-corrected chi connectivity index (χ2v) is 7.28. The summed E-state index contributed by atoms with van der Waals surface area (Å²) in [5, 5.41) is 30.1. The van der Waals surface area contributed by atoms with Crippen molar-refractivity contribution in [2.45, 2.75) is 32.6 Å². The van der Waals surface area contributed by atoms with Crippen LogP contribution in [0.1, 0.15) is 38.2 Å². The lowest BCUT2D eigenvalue weighted by Gasteiger charge is -2.13. The van der Waals surface area contributed by atoms with Crippen molar-refractivity contribution < 1.29 is 10.2 Å². The van der Waals surface area contributed by atoms with Gasteiger partial charge in [-0.15, -0.1) is 0 Å². The Hall–Kier alpha value is -3.12. The molecule has 0 atom stereocenters. The van der Waals surface area contributed by atoms with Gasteiger partial charge in [0, 0.05) is 11.5 Å². The molecule has 3 aromatic carbocycles. The summed E-state index contributed by atoms with van der Waals surface area (Å²) in [6.07, 6.45) is 2.10. The van der Waals surface area contributed by atoms with Crippen LogP contribution in [0.15, 0.2) is 54.6 Å². The van der Waals surface area contributed by atoms with Crippen LogP contribution >= 0.6 is 12.2 Å². The Kier molecular flexibility index (Phi) is 5.11. The summed E-state index contributed by atoms with van der Waals surface area (Å²) in [7, 11) is 0. The highest BCUT2D eigenvalue weighted by molar-refractivity contribution is 7.71. The van der Waals surface area contributed by atoms with E-state index in [1.165, 1.54) is 6.07 Å². The molecule has 0 radical (unpaired) electrons. The van der Waals surface area contributed by atoms with Crippen LogP contribution in [0.3, 0.4) is 0 Å². The van der Waals surface area contributed by atoms with Gasteiger partial charge in [0.2, 0.25) is 0 Å². The van der Waals surface area contributed by atoms with Crippen molar-refractivity contribution in [1.82, 2.24) is 14.8 Å². The average molecular weight is 406 g/mol. The van der Waals surface area contributed by atoms with Crippen molar-refractivity contribution in [1.29, 1.82) is 0 Å². The largest absolute Gasteiger partial charge is 0.508 e. The van der Waals surface area contributed by atoms with Gasteiger partial charge in [0.15, 0.2) is 10.6 Å². The summed E-state index contributed by atoms with van der Waals surface area (Å²) >= 11 is 5.50. The first-order valence-electron chi connectivity index (χ1n) is 9.85. The van der Waals surface area contributed by atoms with Gasteiger partial charge < -0.3 is 10.2 Å². The minimum Gasteiger partial charge on any atom is -0.508 e. The molecule has 1 aromatic heterocycles. The Morgan fingerprint density at radius 2 is 1.72 bits per heavy atom. The summed E-state index contributed by atoms with van der Waals surface area (Å²) in [5.41, 5.74) is 2.29. The lowest BCUT2D eigenvalue weighted by atomic mass is 10.0. The molecule has 1 fully saturated rings. The van der Waals surface area contributed by atoms with E-state index in [1.54, 1.807) is 0 Å². The van der Waals surface area contributed by atoms with E-state index in [-0.39, 0.29) is 11.5 Å². The third-order valence-electron chi connectivity index (χ3n) is 5.08. The minimum atomic E-state index is -0.0209. The highest BCUT2D eigenvalue weighted by atomic mass is 32.1. The molecule has 5 nitrogen and oxygen atoms in total. The number of rotatable bonds is 3. The van der Waals surface area contributed by atoms with Crippen LogP contribution in [-0.2, 0) is 0 Å². The van der Waals surface area contributed by atoms with Crippen molar-refractivity contribution in [3.05, 3.63) is 64.9 Å². The number of benzene rings is 3. The average Bonchev–Trinajstić information content (AvgIpc) is 3.51. The molecular formula is C23H23N3O2S. The van der Waals surface area contributed by atoms with E-state index in [1.807, 2.05) is 66.9 Å². The van der Waals surface area contributed by atoms with Gasteiger partial charge in [0.05, 0.1) is 11.3 Å². The Labute approximate surface area is 174 Å². The fourth-order valence-electron chi connectivity index (χ4n) is 3.60. The van der Waals surface area contributed by atoms with Gasteiger partial charge >= 0.3 is 0 Å². The van der Waals surface area contributed by atoms with Crippen LogP contribution in [-0.4, -0.2) is 25.0 Å². The summed E-state index contributed by atoms with van der Waals surface area (Å²) in [6.45, 7) is 4.00. The Morgan fingerprint density at radius 3 is 2.48 bits per heavy atom. The van der Waals surface area contributed by atoms with Gasteiger partial charge in [-0.3, -0.25) is 9.67 Å². The normalized spacial score (nSPS) is 13.2. The molecule has 0 bridgehead atoms. The molecule has 1 saturated carbocycles. The molecule has 1 aliphatic rings. The van der Waals surface area contributed by atoms with Gasteiger partial charge in [-0.25, -0.2) is 0 Å². The molecule has 1 heterocycles. The summed E-state index contributed by atoms with van der Waals surface area (Å²) in [6, 6.07) is 17.3. The Bertz CT molecular complexity index is 1230. The fourth-order valence-corrected chi connectivity index (χ4v) is 3.83. The fraction of sp³-hybridized carbons (Fsp3) is 0.217. The maximum absolute atomic E-state index is 10.5. The molecular weight excluding hydrogens is 382 g/mol. The van der Waals surface area contributed by atoms with Gasteiger partial charge in [0.1, 0.15) is 11.5 Å². The van der Waals surface area contributed by atoms with E-state index in [4.69, 9.17) is 12.2 Å². The SMILES string of the molecule is CC.Oc1cc(O)c(C2CC2)cc1-c1n[nH]c(=S)n1-c1cccc2ccccc12. The second kappa shape index (κ2) is 7.72. The number of hydrogen-bond acceptors (Lipinski definition) is 4. The maximum Gasteiger partial charge on any atom is 0.200 e. The van der Waals surface area contributed by atoms with Crippen molar-refractivity contribution in [2.75, 3.05) is 0 Å². The molecule has 3 N–H and O–H groups in total. The summed E-state index contributed by atoms with van der Waals surface area (Å²) in [4.78, 5) is 0. The first-order valence-corrected chi connectivity index (χ1v) is 10.3. The highest BCUT2D eigenvalue weighted by Crippen LogP contribution is 2.47. The van der Waals surface area contributed by atoms with Crippen LogP contribution in [0.2, 0.25) is 0 Å². The monoisotopic (exact) mass is 405 g/mol. The van der Waals surface area contributed by atoms with Crippen LogP contribution < -0.4 is 0 Å².